The van der Waals surface area contributed by atoms with Crippen molar-refractivity contribution in [3.63, 3.8) is 0 Å². The molecule has 2 rings (SSSR count). The number of nitro groups is 1. The molecule has 126 valence electrons. The molecule has 0 aliphatic heterocycles. The van der Waals surface area contributed by atoms with Gasteiger partial charge in [0.2, 0.25) is 0 Å². The van der Waals surface area contributed by atoms with Crippen molar-refractivity contribution in [3.8, 4) is 0 Å². The summed E-state index contributed by atoms with van der Waals surface area (Å²) in [5.41, 5.74) is -0.0463. The lowest BCUT2D eigenvalue weighted by atomic mass is 10.1. The number of carbonyl (C=O) groups is 1. The highest BCUT2D eigenvalue weighted by Crippen LogP contribution is 2.25. The molecule has 1 unspecified atom stereocenters. The smallest absolute Gasteiger partial charge is 0.282 e. The zero-order valence-corrected chi connectivity index (χ0v) is 13.7. The molecule has 0 aliphatic rings. The van der Waals surface area contributed by atoms with E-state index < -0.39 is 28.5 Å². The number of hydrogen-bond acceptors (Lipinski definition) is 4. The molecular formula is C16H14F2N2O3S. The molecule has 1 N–H and O–H groups in total. The van der Waals surface area contributed by atoms with E-state index in [4.69, 9.17) is 0 Å². The Bertz CT molecular complexity index is 799. The number of hydrogen-bond donors (Lipinski definition) is 1. The maximum atomic E-state index is 13.3. The van der Waals surface area contributed by atoms with Crippen LogP contribution >= 0.6 is 11.8 Å². The Balaban J connectivity index is 2.28. The number of nitrogens with zero attached hydrogens (tertiary/aromatic N) is 1. The van der Waals surface area contributed by atoms with Crippen LogP contribution in [-0.4, -0.2) is 17.1 Å². The number of thioether (sulfide) groups is 1. The van der Waals surface area contributed by atoms with Gasteiger partial charge in [-0.05, 0) is 43.0 Å². The van der Waals surface area contributed by atoms with Crippen LogP contribution in [0.4, 0.5) is 14.5 Å². The quantitative estimate of drug-likeness (QED) is 0.500. The van der Waals surface area contributed by atoms with Crippen LogP contribution in [0.3, 0.4) is 0 Å². The Morgan fingerprint density at radius 3 is 2.50 bits per heavy atom. The molecule has 0 radical (unpaired) electrons. The SMILES string of the molecule is CSc1ccc([N+](=O)[O-])c(C(=O)NC(C)c2ccc(F)c(F)c2)c1. The fourth-order valence-electron chi connectivity index (χ4n) is 2.12. The molecule has 0 bridgehead atoms. The predicted octanol–water partition coefficient (Wildman–Crippen LogP) is 4.09. The summed E-state index contributed by atoms with van der Waals surface area (Å²) in [5.74, 6) is -2.67. The minimum Gasteiger partial charge on any atom is -0.345 e. The normalized spacial score (nSPS) is 11.8. The van der Waals surface area contributed by atoms with E-state index in [1.54, 1.807) is 19.2 Å². The van der Waals surface area contributed by atoms with Crippen molar-refractivity contribution >= 4 is 23.4 Å². The molecule has 24 heavy (non-hydrogen) atoms. The summed E-state index contributed by atoms with van der Waals surface area (Å²) in [5, 5.41) is 13.7. The number of nitro benzene ring substituents is 1. The van der Waals surface area contributed by atoms with E-state index in [1.165, 1.54) is 30.0 Å². The molecule has 0 aliphatic carbocycles. The Morgan fingerprint density at radius 2 is 1.92 bits per heavy atom. The number of rotatable bonds is 5. The fraction of sp³-hybridized carbons (Fsp3) is 0.188. The molecule has 8 heteroatoms. The van der Waals surface area contributed by atoms with E-state index in [1.807, 2.05) is 0 Å². The molecule has 1 amide bonds. The minimum absolute atomic E-state index is 0.0821. The molecule has 0 heterocycles. The lowest BCUT2D eigenvalue weighted by Gasteiger charge is -2.15. The van der Waals surface area contributed by atoms with Crippen LogP contribution < -0.4 is 5.32 Å². The second-order valence-corrected chi connectivity index (χ2v) is 5.89. The average molecular weight is 352 g/mol. The molecular weight excluding hydrogens is 338 g/mol. The van der Waals surface area contributed by atoms with Crippen LogP contribution in [0.2, 0.25) is 0 Å². The summed E-state index contributed by atoms with van der Waals surface area (Å²) in [6.45, 7) is 1.58. The summed E-state index contributed by atoms with van der Waals surface area (Å²) in [7, 11) is 0. The van der Waals surface area contributed by atoms with E-state index in [9.17, 15) is 23.7 Å². The number of amides is 1. The van der Waals surface area contributed by atoms with Crippen molar-refractivity contribution in [2.75, 3.05) is 6.26 Å². The third-order valence-corrected chi connectivity index (χ3v) is 4.16. The standard InChI is InChI=1S/C16H14F2N2O3S/c1-9(10-3-5-13(17)14(18)7-10)19-16(21)12-8-11(24-2)4-6-15(12)20(22)23/h3-9H,1-2H3,(H,19,21). The first-order valence-electron chi connectivity index (χ1n) is 6.91. The van der Waals surface area contributed by atoms with E-state index in [0.29, 0.717) is 10.5 Å². The summed E-state index contributed by atoms with van der Waals surface area (Å²) < 4.78 is 26.3. The number of benzene rings is 2. The van der Waals surface area contributed by atoms with Crippen molar-refractivity contribution in [2.24, 2.45) is 0 Å². The summed E-state index contributed by atoms with van der Waals surface area (Å²) >= 11 is 1.35. The van der Waals surface area contributed by atoms with Gasteiger partial charge in [-0.2, -0.15) is 0 Å². The first-order valence-corrected chi connectivity index (χ1v) is 8.14. The molecule has 0 saturated carbocycles. The van der Waals surface area contributed by atoms with E-state index in [0.717, 1.165) is 12.1 Å². The first-order chi connectivity index (χ1) is 11.3. The van der Waals surface area contributed by atoms with Crippen molar-refractivity contribution in [3.05, 3.63) is 69.3 Å². The summed E-state index contributed by atoms with van der Waals surface area (Å²) in [4.78, 5) is 23.5. The topological polar surface area (TPSA) is 72.2 Å². The Kier molecular flexibility index (Phi) is 5.50. The van der Waals surface area contributed by atoms with Crippen LogP contribution in [0.25, 0.3) is 0 Å². The molecule has 1 atom stereocenters. The number of nitrogens with one attached hydrogen (secondary N) is 1. The van der Waals surface area contributed by atoms with E-state index in [2.05, 4.69) is 5.32 Å². The van der Waals surface area contributed by atoms with Gasteiger partial charge in [-0.25, -0.2) is 8.78 Å². The van der Waals surface area contributed by atoms with Gasteiger partial charge in [0.15, 0.2) is 11.6 Å². The van der Waals surface area contributed by atoms with Gasteiger partial charge in [0.25, 0.3) is 11.6 Å². The lowest BCUT2D eigenvalue weighted by Crippen LogP contribution is -2.27. The monoisotopic (exact) mass is 352 g/mol. The van der Waals surface area contributed by atoms with Crippen LogP contribution in [-0.2, 0) is 0 Å². The first kappa shape index (κ1) is 17.9. The van der Waals surface area contributed by atoms with Gasteiger partial charge in [0.1, 0.15) is 5.56 Å². The number of halogens is 2. The highest BCUT2D eigenvalue weighted by molar-refractivity contribution is 7.98. The van der Waals surface area contributed by atoms with E-state index in [-0.39, 0.29) is 11.3 Å². The summed E-state index contributed by atoms with van der Waals surface area (Å²) in [6, 6.07) is 6.88. The molecule has 2 aromatic carbocycles. The Hall–Kier alpha value is -2.48. The molecule has 5 nitrogen and oxygen atoms in total. The van der Waals surface area contributed by atoms with E-state index >= 15 is 0 Å². The van der Waals surface area contributed by atoms with Crippen LogP contribution in [0.5, 0.6) is 0 Å². The lowest BCUT2D eigenvalue weighted by molar-refractivity contribution is -0.385. The zero-order valence-electron chi connectivity index (χ0n) is 12.9. The largest absolute Gasteiger partial charge is 0.345 e. The third kappa shape index (κ3) is 3.88. The maximum Gasteiger partial charge on any atom is 0.282 e. The maximum absolute atomic E-state index is 13.3. The summed E-state index contributed by atoms with van der Waals surface area (Å²) in [6.07, 6.45) is 1.78. The molecule has 2 aromatic rings. The van der Waals surface area contributed by atoms with Gasteiger partial charge in [-0.3, -0.25) is 14.9 Å². The average Bonchev–Trinajstić information content (AvgIpc) is 2.56. The predicted molar refractivity (Wildman–Crippen MR) is 87.1 cm³/mol. The van der Waals surface area contributed by atoms with Gasteiger partial charge < -0.3 is 5.32 Å². The van der Waals surface area contributed by atoms with Gasteiger partial charge >= 0.3 is 0 Å². The van der Waals surface area contributed by atoms with Gasteiger partial charge in [0.05, 0.1) is 11.0 Å². The second kappa shape index (κ2) is 7.39. The van der Waals surface area contributed by atoms with Crippen LogP contribution in [0, 0.1) is 21.7 Å². The van der Waals surface area contributed by atoms with Crippen LogP contribution in [0.1, 0.15) is 28.9 Å². The number of carbonyl (C=O) groups excluding carboxylic acids is 1. The fourth-order valence-corrected chi connectivity index (χ4v) is 2.56. The van der Waals surface area contributed by atoms with Crippen LogP contribution in [0.15, 0.2) is 41.3 Å². The Labute approximate surface area is 141 Å². The molecule has 0 spiro atoms. The molecule has 0 aromatic heterocycles. The zero-order chi connectivity index (χ0) is 17.9. The molecule has 0 saturated heterocycles. The van der Waals surface area contributed by atoms with Gasteiger partial charge in [-0.1, -0.05) is 6.07 Å². The molecule has 0 fully saturated rings. The van der Waals surface area contributed by atoms with Gasteiger partial charge in [-0.15, -0.1) is 11.8 Å². The highest BCUT2D eigenvalue weighted by atomic mass is 32.2. The van der Waals surface area contributed by atoms with Crippen molar-refractivity contribution in [1.29, 1.82) is 0 Å². The van der Waals surface area contributed by atoms with Gasteiger partial charge in [0, 0.05) is 11.0 Å². The minimum atomic E-state index is -1.02. The second-order valence-electron chi connectivity index (χ2n) is 5.01. The third-order valence-electron chi connectivity index (χ3n) is 3.44. The van der Waals surface area contributed by atoms with Crippen molar-refractivity contribution in [1.82, 2.24) is 5.32 Å². The van der Waals surface area contributed by atoms with Crippen molar-refractivity contribution in [2.45, 2.75) is 17.9 Å². The van der Waals surface area contributed by atoms with Crippen molar-refractivity contribution < 1.29 is 18.5 Å². The Morgan fingerprint density at radius 1 is 1.21 bits per heavy atom. The highest BCUT2D eigenvalue weighted by Gasteiger charge is 2.22.